The average molecular weight is 165 g/mol. The van der Waals surface area contributed by atoms with Gasteiger partial charge in [-0.2, -0.15) is 0 Å². The van der Waals surface area contributed by atoms with Gasteiger partial charge in [0.1, 0.15) is 5.82 Å². The summed E-state index contributed by atoms with van der Waals surface area (Å²) in [6.45, 7) is 7.24. The fraction of sp³-hybridized carbons (Fsp3) is 0.200. The maximum Gasteiger partial charge on any atom is 0.128 e. The van der Waals surface area contributed by atoms with E-state index in [2.05, 4.69) is 11.9 Å². The molecular formula is C10H12FN. The van der Waals surface area contributed by atoms with Crippen molar-refractivity contribution < 1.29 is 4.39 Å². The number of halogens is 1. The van der Waals surface area contributed by atoms with Gasteiger partial charge in [0.25, 0.3) is 0 Å². The highest BCUT2D eigenvalue weighted by molar-refractivity contribution is 5.48. The molecule has 0 fully saturated rings. The van der Waals surface area contributed by atoms with Crippen LogP contribution in [0.4, 0.5) is 10.1 Å². The lowest BCUT2D eigenvalue weighted by molar-refractivity contribution is 0.619. The number of rotatable bonds is 2. The highest BCUT2D eigenvalue weighted by Crippen LogP contribution is 2.14. The highest BCUT2D eigenvalue weighted by Gasteiger charge is 1.97. The Labute approximate surface area is 71.9 Å². The number of benzene rings is 1. The molecule has 0 atom stereocenters. The van der Waals surface area contributed by atoms with Crippen LogP contribution in [-0.2, 0) is 0 Å². The van der Waals surface area contributed by atoms with Crippen molar-refractivity contribution in [2.75, 3.05) is 5.32 Å². The zero-order chi connectivity index (χ0) is 9.14. The highest BCUT2D eigenvalue weighted by atomic mass is 19.1. The molecule has 0 saturated heterocycles. The molecule has 64 valence electrons. The molecule has 12 heavy (non-hydrogen) atoms. The largest absolute Gasteiger partial charge is 0.360 e. The summed E-state index contributed by atoms with van der Waals surface area (Å²) in [4.78, 5) is 0. The fourth-order valence-electron chi connectivity index (χ4n) is 0.917. The second-order valence-electron chi connectivity index (χ2n) is 2.87. The summed E-state index contributed by atoms with van der Waals surface area (Å²) in [7, 11) is 0. The van der Waals surface area contributed by atoms with Crippen LogP contribution in [0.3, 0.4) is 0 Å². The maximum atomic E-state index is 13.0. The predicted octanol–water partition coefficient (Wildman–Crippen LogP) is 3.08. The van der Waals surface area contributed by atoms with Gasteiger partial charge in [-0.05, 0) is 31.5 Å². The first-order valence-electron chi connectivity index (χ1n) is 3.78. The molecular weight excluding hydrogens is 153 g/mol. The minimum Gasteiger partial charge on any atom is -0.360 e. The summed E-state index contributed by atoms with van der Waals surface area (Å²) in [5.41, 5.74) is 2.20. The van der Waals surface area contributed by atoms with Gasteiger partial charge in [-0.3, -0.25) is 0 Å². The van der Waals surface area contributed by atoms with Crippen molar-refractivity contribution in [3.05, 3.63) is 41.9 Å². The van der Waals surface area contributed by atoms with E-state index in [0.29, 0.717) is 5.56 Å². The first-order chi connectivity index (χ1) is 5.59. The summed E-state index contributed by atoms with van der Waals surface area (Å²) in [6.07, 6.45) is 0. The van der Waals surface area contributed by atoms with Crippen LogP contribution in [0.25, 0.3) is 0 Å². The molecule has 0 amide bonds. The van der Waals surface area contributed by atoms with Crippen molar-refractivity contribution in [1.82, 2.24) is 0 Å². The van der Waals surface area contributed by atoms with Crippen molar-refractivity contribution in [3.8, 4) is 0 Å². The zero-order valence-electron chi connectivity index (χ0n) is 7.32. The number of aryl methyl sites for hydroxylation is 1. The van der Waals surface area contributed by atoms with Gasteiger partial charge in [-0.1, -0.05) is 12.6 Å². The van der Waals surface area contributed by atoms with Crippen molar-refractivity contribution in [1.29, 1.82) is 0 Å². The van der Waals surface area contributed by atoms with E-state index < -0.39 is 0 Å². The molecule has 0 bridgehead atoms. The van der Waals surface area contributed by atoms with Gasteiger partial charge in [0.2, 0.25) is 0 Å². The topological polar surface area (TPSA) is 12.0 Å². The van der Waals surface area contributed by atoms with E-state index in [1.807, 2.05) is 13.0 Å². The molecule has 1 rings (SSSR count). The number of hydrogen-bond acceptors (Lipinski definition) is 1. The van der Waals surface area contributed by atoms with E-state index in [4.69, 9.17) is 0 Å². The third-order valence-corrected chi connectivity index (χ3v) is 1.53. The Morgan fingerprint density at radius 1 is 1.50 bits per heavy atom. The molecule has 1 aromatic rings. The molecule has 0 saturated carbocycles. The van der Waals surface area contributed by atoms with Gasteiger partial charge in [0, 0.05) is 11.4 Å². The van der Waals surface area contributed by atoms with Crippen LogP contribution in [0.1, 0.15) is 12.5 Å². The van der Waals surface area contributed by atoms with Crippen LogP contribution in [-0.4, -0.2) is 0 Å². The van der Waals surface area contributed by atoms with E-state index in [-0.39, 0.29) is 5.82 Å². The molecule has 0 heterocycles. The van der Waals surface area contributed by atoms with Crippen LogP contribution in [0.5, 0.6) is 0 Å². The van der Waals surface area contributed by atoms with E-state index in [9.17, 15) is 4.39 Å². The van der Waals surface area contributed by atoms with Gasteiger partial charge >= 0.3 is 0 Å². The monoisotopic (exact) mass is 165 g/mol. The van der Waals surface area contributed by atoms with Crippen LogP contribution in [0, 0.1) is 12.7 Å². The Bertz CT molecular complexity index is 305. The first kappa shape index (κ1) is 8.78. The SMILES string of the molecule is C=C(C)Nc1ccc(C)c(F)c1. The van der Waals surface area contributed by atoms with Gasteiger partial charge in [0.05, 0.1) is 0 Å². The number of nitrogens with one attached hydrogen (secondary N) is 1. The van der Waals surface area contributed by atoms with Gasteiger partial charge in [-0.25, -0.2) is 4.39 Å². The Hall–Kier alpha value is -1.31. The summed E-state index contributed by atoms with van der Waals surface area (Å²) in [5, 5.41) is 2.94. The van der Waals surface area contributed by atoms with Gasteiger partial charge in [0.15, 0.2) is 0 Å². The minimum atomic E-state index is -0.193. The molecule has 0 radical (unpaired) electrons. The fourth-order valence-corrected chi connectivity index (χ4v) is 0.917. The summed E-state index contributed by atoms with van der Waals surface area (Å²) < 4.78 is 13.0. The molecule has 0 aromatic heterocycles. The van der Waals surface area contributed by atoms with Crippen molar-refractivity contribution in [3.63, 3.8) is 0 Å². The molecule has 1 N–H and O–H groups in total. The molecule has 0 aliphatic rings. The second-order valence-corrected chi connectivity index (χ2v) is 2.87. The number of hydrogen-bond donors (Lipinski definition) is 1. The van der Waals surface area contributed by atoms with Crippen molar-refractivity contribution in [2.24, 2.45) is 0 Å². The minimum absolute atomic E-state index is 0.193. The van der Waals surface area contributed by atoms with Crippen LogP contribution in [0.2, 0.25) is 0 Å². The normalized spacial score (nSPS) is 9.58. The van der Waals surface area contributed by atoms with Crippen molar-refractivity contribution in [2.45, 2.75) is 13.8 Å². The predicted molar refractivity (Wildman–Crippen MR) is 49.6 cm³/mol. The summed E-state index contributed by atoms with van der Waals surface area (Å²) in [5.74, 6) is -0.193. The van der Waals surface area contributed by atoms with Gasteiger partial charge in [-0.15, -0.1) is 0 Å². The average Bonchev–Trinajstić information content (AvgIpc) is 1.96. The lowest BCUT2D eigenvalue weighted by Gasteiger charge is -2.05. The quantitative estimate of drug-likeness (QED) is 0.710. The van der Waals surface area contributed by atoms with Gasteiger partial charge < -0.3 is 5.32 Å². The molecule has 0 aliphatic heterocycles. The Morgan fingerprint density at radius 2 is 2.17 bits per heavy atom. The van der Waals surface area contributed by atoms with E-state index in [0.717, 1.165) is 11.4 Å². The van der Waals surface area contributed by atoms with Crippen LogP contribution in [0.15, 0.2) is 30.5 Å². The van der Waals surface area contributed by atoms with Crippen LogP contribution >= 0.6 is 0 Å². The smallest absolute Gasteiger partial charge is 0.128 e. The molecule has 0 unspecified atom stereocenters. The lowest BCUT2D eigenvalue weighted by atomic mass is 10.2. The molecule has 1 aromatic carbocycles. The van der Waals surface area contributed by atoms with Crippen molar-refractivity contribution >= 4 is 5.69 Å². The first-order valence-corrected chi connectivity index (χ1v) is 3.78. The molecule has 0 spiro atoms. The molecule has 2 heteroatoms. The third kappa shape index (κ3) is 2.09. The van der Waals surface area contributed by atoms with E-state index >= 15 is 0 Å². The summed E-state index contributed by atoms with van der Waals surface area (Å²) in [6, 6.07) is 5.03. The Balaban J connectivity index is 2.89. The lowest BCUT2D eigenvalue weighted by Crippen LogP contribution is -1.94. The zero-order valence-corrected chi connectivity index (χ0v) is 7.32. The number of allylic oxidation sites excluding steroid dienone is 1. The Morgan fingerprint density at radius 3 is 2.67 bits per heavy atom. The van der Waals surface area contributed by atoms with E-state index in [1.54, 1.807) is 13.0 Å². The molecule has 0 aliphatic carbocycles. The third-order valence-electron chi connectivity index (χ3n) is 1.53. The van der Waals surface area contributed by atoms with Crippen LogP contribution < -0.4 is 5.32 Å². The summed E-state index contributed by atoms with van der Waals surface area (Å²) >= 11 is 0. The van der Waals surface area contributed by atoms with E-state index in [1.165, 1.54) is 6.07 Å². The number of anilines is 1. The maximum absolute atomic E-state index is 13.0. The standard InChI is InChI=1S/C10H12FN/c1-7(2)12-9-5-4-8(3)10(11)6-9/h4-6,12H,1H2,2-3H3. The Kier molecular flexibility index (Phi) is 2.48. The second kappa shape index (κ2) is 3.39. The molecule has 1 nitrogen and oxygen atoms in total.